The second-order valence-corrected chi connectivity index (χ2v) is 6.38. The number of amides is 1. The molecule has 104 valence electrons. The minimum absolute atomic E-state index is 0.309. The summed E-state index contributed by atoms with van der Waals surface area (Å²) in [5, 5.41) is 5.52. The van der Waals surface area contributed by atoms with Crippen LogP contribution < -0.4 is 10.6 Å². The molecule has 0 fully saturated rings. The van der Waals surface area contributed by atoms with Crippen molar-refractivity contribution in [1.82, 2.24) is 10.6 Å². The van der Waals surface area contributed by atoms with E-state index in [0.717, 1.165) is 5.56 Å². The monoisotopic (exact) mass is 320 g/mol. The third-order valence-electron chi connectivity index (χ3n) is 2.35. The van der Waals surface area contributed by atoms with Gasteiger partial charge in [-0.25, -0.2) is 0 Å². The third kappa shape index (κ3) is 5.41. The molecule has 0 aliphatic heterocycles. The molecular weight excluding hydrogens is 307 g/mol. The van der Waals surface area contributed by atoms with Gasteiger partial charge in [0.1, 0.15) is 6.17 Å². The number of aryl methyl sites for hydroxylation is 1. The van der Waals surface area contributed by atoms with Crippen molar-refractivity contribution in [3.05, 3.63) is 48.0 Å². The highest BCUT2D eigenvalue weighted by atomic mass is 35.6. The van der Waals surface area contributed by atoms with E-state index in [0.29, 0.717) is 12.1 Å². The highest BCUT2D eigenvalue weighted by molar-refractivity contribution is 6.68. The summed E-state index contributed by atoms with van der Waals surface area (Å²) in [7, 11) is 0. The molecule has 0 aliphatic rings. The van der Waals surface area contributed by atoms with E-state index in [1.807, 2.05) is 13.0 Å². The van der Waals surface area contributed by atoms with E-state index in [-0.39, 0.29) is 5.91 Å². The summed E-state index contributed by atoms with van der Waals surface area (Å²) in [6.45, 7) is 5.87. The van der Waals surface area contributed by atoms with Gasteiger partial charge >= 0.3 is 0 Å². The maximum Gasteiger partial charge on any atom is 0.252 e. The molecule has 1 rings (SSSR count). The van der Waals surface area contributed by atoms with Gasteiger partial charge in [-0.1, -0.05) is 58.6 Å². The van der Waals surface area contributed by atoms with Crippen LogP contribution in [-0.4, -0.2) is 22.4 Å². The van der Waals surface area contributed by atoms with Crippen LogP contribution in [0.25, 0.3) is 0 Å². The summed E-state index contributed by atoms with van der Waals surface area (Å²) in [5.41, 5.74) is 1.50. The molecule has 0 aliphatic carbocycles. The van der Waals surface area contributed by atoms with E-state index in [9.17, 15) is 4.79 Å². The normalized spacial score (nSPS) is 12.8. The van der Waals surface area contributed by atoms with Crippen LogP contribution in [0.1, 0.15) is 15.9 Å². The molecule has 1 aromatic carbocycles. The number of hydrogen-bond acceptors (Lipinski definition) is 2. The Hall–Kier alpha value is -0.740. The third-order valence-corrected chi connectivity index (χ3v) is 3.00. The second kappa shape index (κ2) is 7.15. The number of benzene rings is 1. The Balaban J connectivity index is 2.78. The van der Waals surface area contributed by atoms with E-state index in [4.69, 9.17) is 34.8 Å². The fourth-order valence-electron chi connectivity index (χ4n) is 1.45. The lowest BCUT2D eigenvalue weighted by Crippen LogP contribution is -2.53. The van der Waals surface area contributed by atoms with Gasteiger partial charge in [-0.05, 0) is 19.1 Å². The molecule has 2 N–H and O–H groups in total. The average molecular weight is 322 g/mol. The quantitative estimate of drug-likeness (QED) is 0.497. The minimum Gasteiger partial charge on any atom is -0.333 e. The van der Waals surface area contributed by atoms with Crippen molar-refractivity contribution in [3.63, 3.8) is 0 Å². The Bertz CT molecular complexity index is 457. The fraction of sp³-hybridized carbons (Fsp3) is 0.308. The second-order valence-electron chi connectivity index (χ2n) is 4.01. The molecule has 0 spiro atoms. The summed E-state index contributed by atoms with van der Waals surface area (Å²) < 4.78 is -1.65. The Kier molecular flexibility index (Phi) is 6.14. The van der Waals surface area contributed by atoms with Gasteiger partial charge in [0, 0.05) is 12.1 Å². The summed E-state index contributed by atoms with van der Waals surface area (Å²) in [5.74, 6) is -0.309. The summed E-state index contributed by atoms with van der Waals surface area (Å²) in [6.07, 6.45) is 0.811. The zero-order valence-electron chi connectivity index (χ0n) is 10.4. The van der Waals surface area contributed by atoms with Crippen molar-refractivity contribution in [2.75, 3.05) is 6.54 Å². The van der Waals surface area contributed by atoms with Gasteiger partial charge in [-0.15, -0.1) is 6.58 Å². The number of nitrogens with one attached hydrogen (secondary N) is 2. The van der Waals surface area contributed by atoms with Gasteiger partial charge in [0.2, 0.25) is 3.79 Å². The van der Waals surface area contributed by atoms with Crippen molar-refractivity contribution >= 4 is 40.7 Å². The lowest BCUT2D eigenvalue weighted by Gasteiger charge is -2.26. The lowest BCUT2D eigenvalue weighted by atomic mass is 10.1. The van der Waals surface area contributed by atoms with Gasteiger partial charge in [-0.2, -0.15) is 0 Å². The van der Waals surface area contributed by atoms with Crippen molar-refractivity contribution in [2.45, 2.75) is 16.9 Å². The lowest BCUT2D eigenvalue weighted by molar-refractivity contribution is 0.0930. The molecule has 19 heavy (non-hydrogen) atoms. The largest absolute Gasteiger partial charge is 0.333 e. The first-order chi connectivity index (χ1) is 8.84. The number of alkyl halides is 3. The minimum atomic E-state index is -1.65. The molecule has 0 saturated carbocycles. The Morgan fingerprint density at radius 1 is 1.47 bits per heavy atom. The Morgan fingerprint density at radius 3 is 2.68 bits per heavy atom. The number of rotatable bonds is 5. The number of carbonyl (C=O) groups is 1. The first kappa shape index (κ1) is 16.3. The SMILES string of the molecule is C=CCN[C@H](NC(=O)c1cccc(C)c1)C(Cl)(Cl)Cl. The van der Waals surface area contributed by atoms with Crippen LogP contribution in [0.5, 0.6) is 0 Å². The van der Waals surface area contributed by atoms with Crippen LogP contribution in [-0.2, 0) is 0 Å². The molecule has 3 nitrogen and oxygen atoms in total. The Morgan fingerprint density at radius 2 is 2.16 bits per heavy atom. The van der Waals surface area contributed by atoms with Gasteiger partial charge in [0.25, 0.3) is 5.91 Å². The van der Waals surface area contributed by atoms with Crippen molar-refractivity contribution in [1.29, 1.82) is 0 Å². The molecule has 0 heterocycles. The van der Waals surface area contributed by atoms with E-state index in [1.165, 1.54) is 0 Å². The van der Waals surface area contributed by atoms with Crippen LogP contribution >= 0.6 is 34.8 Å². The van der Waals surface area contributed by atoms with E-state index < -0.39 is 9.96 Å². The standard InChI is InChI=1S/C13H15Cl3N2O/c1-3-7-17-12(13(14,15)16)18-11(19)10-6-4-5-9(2)8-10/h3-6,8,12,17H,1,7H2,2H3,(H,18,19)/t12-/m1/s1. The highest BCUT2D eigenvalue weighted by Gasteiger charge is 2.33. The smallest absolute Gasteiger partial charge is 0.252 e. The van der Waals surface area contributed by atoms with Gasteiger partial charge in [0.15, 0.2) is 0 Å². The maximum absolute atomic E-state index is 12.1. The molecule has 0 unspecified atom stereocenters. The van der Waals surface area contributed by atoms with Crippen molar-refractivity contribution in [3.8, 4) is 0 Å². The fourth-order valence-corrected chi connectivity index (χ4v) is 1.85. The van der Waals surface area contributed by atoms with Gasteiger partial charge in [0.05, 0.1) is 0 Å². The first-order valence-corrected chi connectivity index (χ1v) is 6.76. The van der Waals surface area contributed by atoms with E-state index >= 15 is 0 Å². The maximum atomic E-state index is 12.1. The first-order valence-electron chi connectivity index (χ1n) is 5.63. The molecule has 1 atom stereocenters. The zero-order chi connectivity index (χ0) is 14.5. The molecule has 0 saturated heterocycles. The van der Waals surface area contributed by atoms with Crippen LogP contribution in [0.3, 0.4) is 0 Å². The summed E-state index contributed by atoms with van der Waals surface area (Å²) in [4.78, 5) is 12.1. The van der Waals surface area contributed by atoms with Crippen LogP contribution in [0.4, 0.5) is 0 Å². The molecular formula is C13H15Cl3N2O. The zero-order valence-corrected chi connectivity index (χ0v) is 12.7. The predicted molar refractivity (Wildman–Crippen MR) is 80.9 cm³/mol. The van der Waals surface area contributed by atoms with Crippen LogP contribution in [0.2, 0.25) is 0 Å². The van der Waals surface area contributed by atoms with Crippen molar-refractivity contribution < 1.29 is 4.79 Å². The summed E-state index contributed by atoms with van der Waals surface area (Å²) >= 11 is 17.5. The van der Waals surface area contributed by atoms with Crippen LogP contribution in [0.15, 0.2) is 36.9 Å². The number of carbonyl (C=O) groups excluding carboxylic acids is 1. The highest BCUT2D eigenvalue weighted by Crippen LogP contribution is 2.29. The Labute approximate surface area is 127 Å². The van der Waals surface area contributed by atoms with Gasteiger partial charge in [-0.3, -0.25) is 10.1 Å². The molecule has 0 bridgehead atoms. The van der Waals surface area contributed by atoms with Crippen LogP contribution in [0, 0.1) is 6.92 Å². The average Bonchev–Trinajstić information content (AvgIpc) is 2.32. The molecule has 1 amide bonds. The van der Waals surface area contributed by atoms with E-state index in [1.54, 1.807) is 24.3 Å². The molecule has 0 aromatic heterocycles. The topological polar surface area (TPSA) is 41.1 Å². The number of hydrogen-bond donors (Lipinski definition) is 2. The van der Waals surface area contributed by atoms with Crippen molar-refractivity contribution in [2.24, 2.45) is 0 Å². The molecule has 6 heteroatoms. The summed E-state index contributed by atoms with van der Waals surface area (Å²) in [6, 6.07) is 7.16. The van der Waals surface area contributed by atoms with E-state index in [2.05, 4.69) is 17.2 Å². The van der Waals surface area contributed by atoms with Gasteiger partial charge < -0.3 is 5.32 Å². The number of halogens is 3. The molecule has 0 radical (unpaired) electrons. The predicted octanol–water partition coefficient (Wildman–Crippen LogP) is 3.20. The molecule has 1 aromatic rings.